The number of aliphatic carboxylic acids is 1. The smallest absolute Gasteiger partial charge is 0.310 e. The number of carbonyl (C=O) groups excluding carboxylic acids is 2. The molecule has 0 aromatic heterocycles. The molecular formula is C26H33BrN2O7. The lowest BCUT2D eigenvalue weighted by Crippen LogP contribution is -2.57. The Labute approximate surface area is 219 Å². The first-order valence-electron chi connectivity index (χ1n) is 12.3. The molecule has 0 aliphatic carbocycles. The van der Waals surface area contributed by atoms with Crippen LogP contribution in [0.1, 0.15) is 32.1 Å². The number of alkyl halides is 1. The maximum Gasteiger partial charge on any atom is 0.310 e. The number of aliphatic hydroxyl groups is 1. The van der Waals surface area contributed by atoms with Crippen molar-refractivity contribution < 1.29 is 34.1 Å². The predicted molar refractivity (Wildman–Crippen MR) is 136 cm³/mol. The highest BCUT2D eigenvalue weighted by Gasteiger charge is 2.76. The number of carbonyl (C=O) groups is 3. The van der Waals surface area contributed by atoms with Gasteiger partial charge >= 0.3 is 5.97 Å². The van der Waals surface area contributed by atoms with Gasteiger partial charge in [-0.15, -0.1) is 6.58 Å². The lowest BCUT2D eigenvalue weighted by atomic mass is 9.70. The number of methoxy groups -OCH3 is 1. The molecule has 3 aliphatic heterocycles. The average Bonchev–Trinajstić information content (AvgIpc) is 3.45. The van der Waals surface area contributed by atoms with Crippen LogP contribution >= 0.6 is 15.9 Å². The summed E-state index contributed by atoms with van der Waals surface area (Å²) in [7, 11) is 1.56. The molecule has 2 amide bonds. The normalized spacial score (nSPS) is 30.4. The van der Waals surface area contributed by atoms with Crippen LogP contribution in [0.3, 0.4) is 0 Å². The van der Waals surface area contributed by atoms with Gasteiger partial charge in [-0.3, -0.25) is 14.4 Å². The van der Waals surface area contributed by atoms with Gasteiger partial charge in [0.25, 0.3) is 5.91 Å². The summed E-state index contributed by atoms with van der Waals surface area (Å²) >= 11 is 3.56. The molecule has 2 N–H and O–H groups in total. The minimum Gasteiger partial charge on any atom is -0.497 e. The van der Waals surface area contributed by atoms with Crippen molar-refractivity contribution in [2.45, 2.75) is 54.7 Å². The van der Waals surface area contributed by atoms with Crippen LogP contribution in [0.5, 0.6) is 5.75 Å². The number of hydrogen-bond acceptors (Lipinski definition) is 6. The van der Waals surface area contributed by atoms with Gasteiger partial charge in [-0.2, -0.15) is 0 Å². The monoisotopic (exact) mass is 564 g/mol. The third kappa shape index (κ3) is 4.43. The Morgan fingerprint density at radius 3 is 2.58 bits per heavy atom. The number of benzene rings is 1. The van der Waals surface area contributed by atoms with E-state index in [0.29, 0.717) is 37.2 Å². The summed E-state index contributed by atoms with van der Waals surface area (Å²) in [5.41, 5.74) is -0.596. The number of ether oxygens (including phenoxy) is 2. The number of nitrogens with zero attached hydrogens (tertiary/aromatic N) is 2. The van der Waals surface area contributed by atoms with Crippen molar-refractivity contribution in [1.82, 2.24) is 4.90 Å². The van der Waals surface area contributed by atoms with Gasteiger partial charge in [-0.05, 0) is 43.5 Å². The molecule has 1 spiro atoms. The number of carboxylic acids is 1. The van der Waals surface area contributed by atoms with E-state index in [9.17, 15) is 19.5 Å². The van der Waals surface area contributed by atoms with Crippen LogP contribution in [-0.4, -0.2) is 82.3 Å². The lowest BCUT2D eigenvalue weighted by molar-refractivity contribution is -0.149. The Kier molecular flexibility index (Phi) is 8.06. The Hall–Kier alpha value is -2.43. The molecule has 0 saturated carbocycles. The maximum atomic E-state index is 14.3. The molecule has 1 aromatic rings. The fraction of sp³-hybridized carbons (Fsp3) is 0.577. The summed E-state index contributed by atoms with van der Waals surface area (Å²) in [6, 6.07) is 6.09. The van der Waals surface area contributed by atoms with Gasteiger partial charge in [0.1, 0.15) is 17.4 Å². The van der Waals surface area contributed by atoms with E-state index in [1.54, 1.807) is 47.3 Å². The summed E-state index contributed by atoms with van der Waals surface area (Å²) in [5.74, 6) is -3.02. The van der Waals surface area contributed by atoms with Crippen LogP contribution in [0.25, 0.3) is 0 Å². The summed E-state index contributed by atoms with van der Waals surface area (Å²) in [6.07, 6.45) is 4.22. The molecule has 6 atom stereocenters. The summed E-state index contributed by atoms with van der Waals surface area (Å²) in [5, 5.41) is 19.1. The van der Waals surface area contributed by atoms with Crippen molar-refractivity contribution in [3.05, 3.63) is 36.9 Å². The fourth-order valence-corrected chi connectivity index (χ4v) is 6.98. The molecule has 9 nitrogen and oxygen atoms in total. The second-order valence-electron chi connectivity index (χ2n) is 9.61. The average molecular weight is 565 g/mol. The van der Waals surface area contributed by atoms with Crippen LogP contribution in [0.4, 0.5) is 5.69 Å². The van der Waals surface area contributed by atoms with Gasteiger partial charge < -0.3 is 29.5 Å². The van der Waals surface area contributed by atoms with Gasteiger partial charge in [0.05, 0.1) is 25.0 Å². The number of rotatable bonds is 12. The van der Waals surface area contributed by atoms with Crippen LogP contribution in [0.15, 0.2) is 36.9 Å². The first-order valence-corrected chi connectivity index (χ1v) is 13.2. The predicted octanol–water partition coefficient (Wildman–Crippen LogP) is 2.60. The Bertz CT molecular complexity index is 1000. The van der Waals surface area contributed by atoms with Crippen LogP contribution in [0.2, 0.25) is 0 Å². The number of hydrogen-bond donors (Lipinski definition) is 2. The van der Waals surface area contributed by atoms with Crippen molar-refractivity contribution in [2.24, 2.45) is 11.8 Å². The lowest BCUT2D eigenvalue weighted by Gasteiger charge is -2.37. The zero-order valence-electron chi connectivity index (χ0n) is 20.3. The number of aliphatic hydroxyl groups excluding tert-OH is 1. The van der Waals surface area contributed by atoms with Gasteiger partial charge in [-0.1, -0.05) is 34.8 Å². The van der Waals surface area contributed by atoms with Gasteiger partial charge in [0.2, 0.25) is 5.91 Å². The zero-order chi connectivity index (χ0) is 26.0. The Balaban J connectivity index is 1.71. The highest BCUT2D eigenvalue weighted by molar-refractivity contribution is 9.09. The largest absolute Gasteiger partial charge is 0.497 e. The van der Waals surface area contributed by atoms with Crippen LogP contribution < -0.4 is 9.64 Å². The van der Waals surface area contributed by atoms with E-state index in [-0.39, 0.29) is 29.8 Å². The van der Waals surface area contributed by atoms with Crippen LogP contribution in [0, 0.1) is 11.8 Å². The molecule has 36 heavy (non-hydrogen) atoms. The first-order chi connectivity index (χ1) is 17.3. The molecule has 1 unspecified atom stereocenters. The topological polar surface area (TPSA) is 117 Å². The van der Waals surface area contributed by atoms with Gasteiger partial charge in [-0.25, -0.2) is 0 Å². The molecule has 4 rings (SSSR count). The Morgan fingerprint density at radius 2 is 1.97 bits per heavy atom. The summed E-state index contributed by atoms with van der Waals surface area (Å²) in [6.45, 7) is 4.44. The third-order valence-electron chi connectivity index (χ3n) is 7.58. The van der Waals surface area contributed by atoms with Crippen molar-refractivity contribution in [1.29, 1.82) is 0 Å². The number of unbranched alkanes of at least 4 members (excludes halogenated alkanes) is 3. The number of fused-ring (bicyclic) bond motifs is 1. The van der Waals surface area contributed by atoms with Crippen LogP contribution in [-0.2, 0) is 19.1 Å². The van der Waals surface area contributed by atoms with E-state index in [1.165, 1.54) is 0 Å². The number of likely N-dealkylation sites (tertiary alicyclic amines) is 1. The SMILES string of the molecule is C=CCN(C(=O)[C@H]1N(CCCCCCO)C(=O)[C@@H]2[C@@H](C(=O)O)[C@@H]3O[C@@]21CC3Br)c1ccc(OC)cc1. The summed E-state index contributed by atoms with van der Waals surface area (Å²) < 4.78 is 11.6. The molecule has 3 fully saturated rings. The van der Waals surface area contributed by atoms with E-state index in [0.717, 1.165) is 12.8 Å². The second kappa shape index (κ2) is 10.9. The number of amides is 2. The number of anilines is 1. The maximum absolute atomic E-state index is 14.3. The number of carboxylic acid groups (broad SMARTS) is 1. The van der Waals surface area contributed by atoms with Crippen molar-refractivity contribution >= 4 is 39.4 Å². The molecular weight excluding hydrogens is 532 g/mol. The van der Waals surface area contributed by atoms with Gasteiger partial charge in [0.15, 0.2) is 0 Å². The van der Waals surface area contributed by atoms with Crippen molar-refractivity contribution in [3.63, 3.8) is 0 Å². The van der Waals surface area contributed by atoms with E-state index in [2.05, 4.69) is 22.5 Å². The first kappa shape index (κ1) is 26.6. The quantitative estimate of drug-likeness (QED) is 0.227. The molecule has 10 heteroatoms. The van der Waals surface area contributed by atoms with Crippen molar-refractivity contribution in [2.75, 3.05) is 31.7 Å². The molecule has 2 bridgehead atoms. The van der Waals surface area contributed by atoms with E-state index < -0.39 is 35.6 Å². The molecule has 3 aliphatic rings. The second-order valence-corrected chi connectivity index (χ2v) is 10.8. The summed E-state index contributed by atoms with van der Waals surface area (Å²) in [4.78, 5) is 43.1. The molecule has 196 valence electrons. The van der Waals surface area contributed by atoms with E-state index in [4.69, 9.17) is 14.6 Å². The van der Waals surface area contributed by atoms with E-state index in [1.807, 2.05) is 0 Å². The molecule has 0 radical (unpaired) electrons. The van der Waals surface area contributed by atoms with Crippen molar-refractivity contribution in [3.8, 4) is 5.75 Å². The molecule has 3 heterocycles. The minimum atomic E-state index is -1.22. The minimum absolute atomic E-state index is 0.107. The molecule has 1 aromatic carbocycles. The van der Waals surface area contributed by atoms with E-state index >= 15 is 0 Å². The fourth-order valence-electron chi connectivity index (χ4n) is 6.04. The Morgan fingerprint density at radius 1 is 1.28 bits per heavy atom. The highest BCUT2D eigenvalue weighted by Crippen LogP contribution is 2.60. The standard InChI is InChI=1S/C26H33BrN2O7/c1-3-12-28(16-8-10-17(35-2)11-9-16)24(32)22-26-15-18(27)21(36-26)19(25(33)34)20(26)23(31)29(22)13-6-4-5-7-14-30/h3,8-11,18-22,30H,1,4-7,12-15H2,2H3,(H,33,34)/t18?,19-,20+,21-,22-,26+/m1/s1. The third-order valence-corrected chi connectivity index (χ3v) is 8.42. The van der Waals surface area contributed by atoms with Gasteiger partial charge in [0, 0.05) is 30.2 Å². The highest BCUT2D eigenvalue weighted by atomic mass is 79.9. The zero-order valence-corrected chi connectivity index (χ0v) is 21.9. The molecule has 3 saturated heterocycles. The number of halogens is 1.